The highest BCUT2D eigenvalue weighted by Gasteiger charge is 2.29. The largest absolute Gasteiger partial charge is 0.416 e. The summed E-state index contributed by atoms with van der Waals surface area (Å²) in [6.45, 7) is 4.77. The highest BCUT2D eigenvalue weighted by atomic mass is 35.5. The van der Waals surface area contributed by atoms with Crippen molar-refractivity contribution in [2.24, 2.45) is 11.5 Å². The van der Waals surface area contributed by atoms with Crippen molar-refractivity contribution < 1.29 is 22.6 Å². The van der Waals surface area contributed by atoms with Gasteiger partial charge in [-0.2, -0.15) is 13.2 Å². The Bertz CT molecular complexity index is 730. The van der Waals surface area contributed by atoms with E-state index in [0.717, 1.165) is 12.1 Å². The third kappa shape index (κ3) is 6.53. The minimum atomic E-state index is -4.39. The number of nitrogens with one attached hydrogen (secondary N) is 2. The van der Waals surface area contributed by atoms with Gasteiger partial charge in [0.05, 0.1) is 11.1 Å². The molecule has 9 heteroatoms. The summed E-state index contributed by atoms with van der Waals surface area (Å²) in [4.78, 5) is 2.81. The van der Waals surface area contributed by atoms with Gasteiger partial charge in [0.15, 0.2) is 6.67 Å². The van der Waals surface area contributed by atoms with E-state index < -0.39 is 17.6 Å². The van der Waals surface area contributed by atoms with Gasteiger partial charge in [-0.25, -0.2) is 4.39 Å². The number of hydrogen-bond acceptors (Lipinski definition) is 2. The minimum Gasteiger partial charge on any atom is -0.350 e. The fraction of sp³-hybridized carbons (Fsp3) is 0.235. The van der Waals surface area contributed by atoms with Crippen LogP contribution in [-0.2, 0) is 6.18 Å². The fourth-order valence-electron chi connectivity index (χ4n) is 1.90. The quantitative estimate of drug-likeness (QED) is 0.189. The van der Waals surface area contributed by atoms with E-state index >= 15 is 0 Å². The van der Waals surface area contributed by atoms with Crippen LogP contribution in [0.4, 0.5) is 23.2 Å². The molecule has 0 heterocycles. The molecule has 0 saturated heterocycles. The Morgan fingerprint density at radius 3 is 2.31 bits per heavy atom. The topological polar surface area (TPSA) is 78.0 Å². The molecule has 0 bridgehead atoms. The smallest absolute Gasteiger partial charge is 0.350 e. The fourth-order valence-corrected chi connectivity index (χ4v) is 2.06. The van der Waals surface area contributed by atoms with E-state index in [1.807, 2.05) is 0 Å². The Morgan fingerprint density at radius 2 is 1.88 bits per heavy atom. The SMILES string of the molecule is C=C(F)/C(=C\C(C(N)=[NH+]CNc1ccc(C(F)(F)F)cc1)=C(/C)Cl)CN. The summed E-state index contributed by atoms with van der Waals surface area (Å²) < 4.78 is 50.8. The predicted molar refractivity (Wildman–Crippen MR) is 96.0 cm³/mol. The van der Waals surface area contributed by atoms with Crippen molar-refractivity contribution in [3.8, 4) is 0 Å². The van der Waals surface area contributed by atoms with Crippen LogP contribution in [0.2, 0.25) is 0 Å². The maximum absolute atomic E-state index is 13.3. The van der Waals surface area contributed by atoms with Crippen LogP contribution in [0, 0.1) is 0 Å². The van der Waals surface area contributed by atoms with Crippen molar-refractivity contribution in [2.75, 3.05) is 18.5 Å². The highest BCUT2D eigenvalue weighted by Crippen LogP contribution is 2.29. The Kier molecular flexibility index (Phi) is 7.85. The number of rotatable bonds is 7. The van der Waals surface area contributed by atoms with Gasteiger partial charge in [-0.1, -0.05) is 18.2 Å². The van der Waals surface area contributed by atoms with Gasteiger partial charge < -0.3 is 11.1 Å². The molecule has 4 nitrogen and oxygen atoms in total. The Hall–Kier alpha value is -2.32. The zero-order valence-corrected chi connectivity index (χ0v) is 14.8. The third-order valence-electron chi connectivity index (χ3n) is 3.33. The zero-order valence-electron chi connectivity index (χ0n) is 14.1. The monoisotopic (exact) mass is 391 g/mol. The Morgan fingerprint density at radius 1 is 1.31 bits per heavy atom. The lowest BCUT2D eigenvalue weighted by molar-refractivity contribution is -0.450. The van der Waals surface area contributed by atoms with E-state index in [2.05, 4.69) is 16.9 Å². The maximum atomic E-state index is 13.3. The lowest BCUT2D eigenvalue weighted by atomic mass is 10.1. The summed E-state index contributed by atoms with van der Waals surface area (Å²) in [6.07, 6.45) is -3.01. The number of nitrogens with two attached hydrogens (primary N) is 2. The molecule has 0 aliphatic rings. The predicted octanol–water partition coefficient (Wildman–Crippen LogP) is 2.39. The van der Waals surface area contributed by atoms with Gasteiger partial charge >= 0.3 is 6.18 Å². The molecule has 0 saturated carbocycles. The van der Waals surface area contributed by atoms with Crippen LogP contribution >= 0.6 is 11.6 Å². The van der Waals surface area contributed by atoms with Gasteiger partial charge in [-0.3, -0.25) is 10.7 Å². The summed E-state index contributed by atoms with van der Waals surface area (Å²) in [7, 11) is 0. The lowest BCUT2D eigenvalue weighted by Crippen LogP contribution is -2.77. The van der Waals surface area contributed by atoms with Crippen molar-refractivity contribution in [2.45, 2.75) is 13.1 Å². The van der Waals surface area contributed by atoms with Crippen LogP contribution in [0.5, 0.6) is 0 Å². The molecular weight excluding hydrogens is 372 g/mol. The normalized spacial score (nSPS) is 14.1. The van der Waals surface area contributed by atoms with E-state index in [4.69, 9.17) is 23.1 Å². The summed E-state index contributed by atoms with van der Waals surface area (Å²) in [5.41, 5.74) is 11.5. The van der Waals surface area contributed by atoms with Crippen molar-refractivity contribution >= 4 is 23.1 Å². The van der Waals surface area contributed by atoms with Crippen LogP contribution in [-0.4, -0.2) is 19.0 Å². The molecule has 1 rings (SSSR count). The number of halogens is 5. The zero-order chi connectivity index (χ0) is 19.9. The number of allylic oxidation sites excluding steroid dienone is 1. The number of anilines is 1. The second-order valence-corrected chi connectivity index (χ2v) is 5.81. The molecule has 0 aliphatic heterocycles. The summed E-state index contributed by atoms with van der Waals surface area (Å²) >= 11 is 5.97. The first kappa shape index (κ1) is 21.7. The molecular formula is C17H20ClF4N4+. The van der Waals surface area contributed by atoms with Gasteiger partial charge in [-0.05, 0) is 37.3 Å². The highest BCUT2D eigenvalue weighted by molar-refractivity contribution is 6.31. The van der Waals surface area contributed by atoms with Crippen molar-refractivity contribution in [3.63, 3.8) is 0 Å². The van der Waals surface area contributed by atoms with E-state index in [-0.39, 0.29) is 24.6 Å². The molecule has 6 N–H and O–H groups in total. The summed E-state index contributed by atoms with van der Waals surface area (Å²) in [5.74, 6) is -0.553. The van der Waals surface area contributed by atoms with E-state index in [9.17, 15) is 17.6 Å². The van der Waals surface area contributed by atoms with E-state index in [1.54, 1.807) is 6.92 Å². The summed E-state index contributed by atoms with van der Waals surface area (Å²) in [6, 6.07) is 4.52. The van der Waals surface area contributed by atoms with Crippen molar-refractivity contribution in [1.29, 1.82) is 0 Å². The first-order valence-corrected chi connectivity index (χ1v) is 7.83. The van der Waals surface area contributed by atoms with Gasteiger partial charge in [0.1, 0.15) is 5.83 Å². The molecule has 0 radical (unpaired) electrons. The van der Waals surface area contributed by atoms with Crippen molar-refractivity contribution in [3.05, 3.63) is 64.5 Å². The van der Waals surface area contributed by atoms with Crippen LogP contribution in [0.1, 0.15) is 12.5 Å². The molecule has 0 aromatic heterocycles. The van der Waals surface area contributed by atoms with E-state index in [1.165, 1.54) is 18.2 Å². The second-order valence-electron chi connectivity index (χ2n) is 5.24. The molecule has 142 valence electrons. The molecule has 26 heavy (non-hydrogen) atoms. The third-order valence-corrected chi connectivity index (χ3v) is 3.54. The Labute approximate surface area is 153 Å². The molecule has 0 fully saturated rings. The minimum absolute atomic E-state index is 0.0832. The molecule has 0 aliphatic carbocycles. The molecule has 0 spiro atoms. The molecule has 0 unspecified atom stereocenters. The number of benzene rings is 1. The van der Waals surface area contributed by atoms with Crippen LogP contribution < -0.4 is 21.8 Å². The van der Waals surface area contributed by atoms with Crippen LogP contribution in [0.25, 0.3) is 0 Å². The van der Waals surface area contributed by atoms with Gasteiger partial charge in [-0.15, -0.1) is 0 Å². The van der Waals surface area contributed by atoms with Gasteiger partial charge in [0.25, 0.3) is 5.84 Å². The number of amidine groups is 1. The molecule has 0 atom stereocenters. The standard InChI is InChI=1S/C17H19ClF4N4/c1-10(18)15(7-12(8-23)11(2)19)16(24)26-9-25-14-5-3-13(4-6-14)17(20,21)22/h3-7,25H,2,8-9,23H2,1H3,(H2,24,26)/p+1/b12-7-,15-10-. The molecule has 0 amide bonds. The van der Waals surface area contributed by atoms with E-state index in [0.29, 0.717) is 16.3 Å². The molecule has 1 aromatic rings. The maximum Gasteiger partial charge on any atom is 0.416 e. The Balaban J connectivity index is 2.86. The number of hydrogen-bond donors (Lipinski definition) is 4. The number of alkyl halides is 3. The summed E-state index contributed by atoms with van der Waals surface area (Å²) in [5, 5.41) is 3.16. The first-order chi connectivity index (χ1) is 12.1. The molecule has 1 aromatic carbocycles. The second kappa shape index (κ2) is 9.40. The van der Waals surface area contributed by atoms with Gasteiger partial charge in [0.2, 0.25) is 0 Å². The van der Waals surface area contributed by atoms with Crippen LogP contribution in [0.15, 0.2) is 58.9 Å². The van der Waals surface area contributed by atoms with Crippen molar-refractivity contribution in [1.82, 2.24) is 0 Å². The average Bonchev–Trinajstić information content (AvgIpc) is 2.54. The van der Waals surface area contributed by atoms with Crippen LogP contribution in [0.3, 0.4) is 0 Å². The lowest BCUT2D eigenvalue weighted by Gasteiger charge is -2.08. The first-order valence-electron chi connectivity index (χ1n) is 7.45. The van der Waals surface area contributed by atoms with Gasteiger partial charge in [0, 0.05) is 22.8 Å². The average molecular weight is 392 g/mol.